The standard InChI is InChI=1S/C18H17N3/c1-21-11-15-4-2-3-5-16(15)17(12-21)13-6-7-18-14(10-13)8-9-19-20-18/h2-10,17H,11-12H2,1H3/t17-/m0/s1. The van der Waals surface area contributed by atoms with Crippen molar-refractivity contribution in [3.63, 3.8) is 0 Å². The van der Waals surface area contributed by atoms with Crippen LogP contribution in [0.5, 0.6) is 0 Å². The van der Waals surface area contributed by atoms with Gasteiger partial charge >= 0.3 is 0 Å². The molecule has 0 fully saturated rings. The number of hydrogen-bond acceptors (Lipinski definition) is 3. The fourth-order valence-corrected chi connectivity index (χ4v) is 3.29. The molecule has 0 aliphatic carbocycles. The van der Waals surface area contributed by atoms with Crippen LogP contribution in [0.25, 0.3) is 10.9 Å². The quantitative estimate of drug-likeness (QED) is 0.683. The van der Waals surface area contributed by atoms with Crippen molar-refractivity contribution in [3.05, 3.63) is 71.4 Å². The van der Waals surface area contributed by atoms with E-state index in [1.807, 2.05) is 6.07 Å². The number of fused-ring (bicyclic) bond motifs is 2. The Kier molecular flexibility index (Phi) is 2.93. The molecule has 0 bridgehead atoms. The summed E-state index contributed by atoms with van der Waals surface area (Å²) in [6, 6.07) is 17.3. The normalized spacial score (nSPS) is 18.6. The Labute approximate surface area is 124 Å². The van der Waals surface area contributed by atoms with Gasteiger partial charge in [0.05, 0.1) is 11.7 Å². The van der Waals surface area contributed by atoms with Gasteiger partial charge in [0.1, 0.15) is 0 Å². The van der Waals surface area contributed by atoms with Crippen LogP contribution < -0.4 is 0 Å². The molecule has 4 rings (SSSR count). The van der Waals surface area contributed by atoms with Crippen LogP contribution in [0.15, 0.2) is 54.7 Å². The molecule has 3 heteroatoms. The minimum atomic E-state index is 0.428. The number of aromatic nitrogens is 2. The van der Waals surface area contributed by atoms with Crippen molar-refractivity contribution in [3.8, 4) is 0 Å². The molecule has 1 aromatic heterocycles. The third-order valence-electron chi connectivity index (χ3n) is 4.31. The van der Waals surface area contributed by atoms with Crippen LogP contribution in [0.4, 0.5) is 0 Å². The Morgan fingerprint density at radius 2 is 2.00 bits per heavy atom. The van der Waals surface area contributed by atoms with Gasteiger partial charge in [-0.15, -0.1) is 0 Å². The highest BCUT2D eigenvalue weighted by atomic mass is 15.1. The van der Waals surface area contributed by atoms with Crippen molar-refractivity contribution >= 4 is 10.9 Å². The summed E-state index contributed by atoms with van der Waals surface area (Å²) in [5, 5.41) is 9.27. The van der Waals surface area contributed by atoms with E-state index < -0.39 is 0 Å². The first-order chi connectivity index (χ1) is 10.3. The van der Waals surface area contributed by atoms with Crippen LogP contribution in [0.3, 0.4) is 0 Å². The van der Waals surface area contributed by atoms with Gasteiger partial charge in [-0.3, -0.25) is 0 Å². The maximum absolute atomic E-state index is 4.17. The monoisotopic (exact) mass is 275 g/mol. The second-order valence-corrected chi connectivity index (χ2v) is 5.80. The first kappa shape index (κ1) is 12.5. The van der Waals surface area contributed by atoms with E-state index in [9.17, 15) is 0 Å². The summed E-state index contributed by atoms with van der Waals surface area (Å²) in [7, 11) is 2.19. The molecule has 1 atom stereocenters. The molecule has 0 spiro atoms. The van der Waals surface area contributed by atoms with Crippen molar-refractivity contribution in [1.82, 2.24) is 15.1 Å². The molecule has 0 saturated heterocycles. The number of rotatable bonds is 1. The lowest BCUT2D eigenvalue weighted by molar-refractivity contribution is 0.295. The van der Waals surface area contributed by atoms with E-state index >= 15 is 0 Å². The first-order valence-electron chi connectivity index (χ1n) is 7.29. The maximum atomic E-state index is 4.17. The minimum absolute atomic E-state index is 0.428. The van der Waals surface area contributed by atoms with E-state index in [1.165, 1.54) is 16.7 Å². The highest BCUT2D eigenvalue weighted by Gasteiger charge is 2.24. The van der Waals surface area contributed by atoms with Gasteiger partial charge in [0.15, 0.2) is 0 Å². The molecule has 0 saturated carbocycles. The van der Waals surface area contributed by atoms with Crippen LogP contribution in [-0.2, 0) is 6.54 Å². The minimum Gasteiger partial charge on any atom is -0.301 e. The van der Waals surface area contributed by atoms with Crippen molar-refractivity contribution in [2.45, 2.75) is 12.5 Å². The molecule has 1 aliphatic heterocycles. The van der Waals surface area contributed by atoms with Crippen LogP contribution >= 0.6 is 0 Å². The predicted octanol–water partition coefficient (Wildman–Crippen LogP) is 3.21. The highest BCUT2D eigenvalue weighted by Crippen LogP contribution is 2.33. The van der Waals surface area contributed by atoms with Crippen molar-refractivity contribution in [2.75, 3.05) is 13.6 Å². The Morgan fingerprint density at radius 3 is 2.95 bits per heavy atom. The molecular formula is C18H17N3. The molecule has 3 aromatic rings. The van der Waals surface area contributed by atoms with E-state index in [0.29, 0.717) is 5.92 Å². The van der Waals surface area contributed by atoms with Gasteiger partial charge in [0, 0.05) is 24.4 Å². The lowest BCUT2D eigenvalue weighted by Crippen LogP contribution is -2.30. The van der Waals surface area contributed by atoms with Gasteiger partial charge in [-0.25, -0.2) is 0 Å². The molecule has 104 valence electrons. The Bertz CT molecular complexity index is 797. The summed E-state index contributed by atoms with van der Waals surface area (Å²) in [6.07, 6.45) is 1.76. The fourth-order valence-electron chi connectivity index (χ4n) is 3.29. The van der Waals surface area contributed by atoms with Gasteiger partial charge in [0.25, 0.3) is 0 Å². The molecule has 3 nitrogen and oxygen atoms in total. The molecule has 21 heavy (non-hydrogen) atoms. The molecule has 0 N–H and O–H groups in total. The van der Waals surface area contributed by atoms with Crippen LogP contribution in [0.2, 0.25) is 0 Å². The second kappa shape index (κ2) is 4.93. The number of likely N-dealkylation sites (N-methyl/N-ethyl adjacent to an activating group) is 1. The Morgan fingerprint density at radius 1 is 1.10 bits per heavy atom. The van der Waals surface area contributed by atoms with E-state index in [-0.39, 0.29) is 0 Å². The zero-order valence-corrected chi connectivity index (χ0v) is 12.0. The van der Waals surface area contributed by atoms with Gasteiger partial charge < -0.3 is 4.90 Å². The molecule has 1 aliphatic rings. The molecule has 2 heterocycles. The smallest absolute Gasteiger partial charge is 0.0929 e. The topological polar surface area (TPSA) is 29.0 Å². The van der Waals surface area contributed by atoms with Crippen LogP contribution in [0.1, 0.15) is 22.6 Å². The number of nitrogens with zero attached hydrogens (tertiary/aromatic N) is 3. The second-order valence-electron chi connectivity index (χ2n) is 5.80. The van der Waals surface area contributed by atoms with Crippen LogP contribution in [0, 0.1) is 0 Å². The van der Waals surface area contributed by atoms with E-state index in [1.54, 1.807) is 6.20 Å². The lowest BCUT2D eigenvalue weighted by atomic mass is 9.84. The summed E-state index contributed by atoms with van der Waals surface area (Å²) in [5.74, 6) is 0.428. The SMILES string of the molecule is CN1Cc2ccccc2[C@H](c2ccc3nnccc3c2)C1. The predicted molar refractivity (Wildman–Crippen MR) is 84.2 cm³/mol. The summed E-state index contributed by atoms with van der Waals surface area (Å²) >= 11 is 0. The van der Waals surface area contributed by atoms with Gasteiger partial charge in [-0.05, 0) is 41.9 Å². The first-order valence-corrected chi connectivity index (χ1v) is 7.29. The van der Waals surface area contributed by atoms with E-state index in [4.69, 9.17) is 0 Å². The van der Waals surface area contributed by atoms with Crippen molar-refractivity contribution in [1.29, 1.82) is 0 Å². The summed E-state index contributed by atoms with van der Waals surface area (Å²) in [6.45, 7) is 2.09. The third-order valence-corrected chi connectivity index (χ3v) is 4.31. The van der Waals surface area contributed by atoms with Crippen molar-refractivity contribution < 1.29 is 0 Å². The van der Waals surface area contributed by atoms with Crippen molar-refractivity contribution in [2.24, 2.45) is 0 Å². The molecule has 2 aromatic carbocycles. The lowest BCUT2D eigenvalue weighted by Gasteiger charge is -2.32. The highest BCUT2D eigenvalue weighted by molar-refractivity contribution is 5.78. The molecule has 0 radical (unpaired) electrons. The van der Waals surface area contributed by atoms with E-state index in [0.717, 1.165) is 24.0 Å². The summed E-state index contributed by atoms with van der Waals surface area (Å²) in [5.41, 5.74) is 5.20. The third kappa shape index (κ3) is 2.20. The van der Waals surface area contributed by atoms with Gasteiger partial charge in [-0.1, -0.05) is 30.3 Å². The van der Waals surface area contributed by atoms with Gasteiger partial charge in [0.2, 0.25) is 0 Å². The zero-order chi connectivity index (χ0) is 14.2. The molecular weight excluding hydrogens is 258 g/mol. The number of hydrogen-bond donors (Lipinski definition) is 0. The van der Waals surface area contributed by atoms with Gasteiger partial charge in [-0.2, -0.15) is 10.2 Å². The summed E-state index contributed by atoms with van der Waals surface area (Å²) in [4.78, 5) is 2.39. The largest absolute Gasteiger partial charge is 0.301 e. The molecule has 0 unspecified atom stereocenters. The average Bonchev–Trinajstić information content (AvgIpc) is 2.53. The number of benzene rings is 2. The Hall–Kier alpha value is -2.26. The fraction of sp³-hybridized carbons (Fsp3) is 0.222. The van der Waals surface area contributed by atoms with E-state index in [2.05, 4.69) is 64.6 Å². The average molecular weight is 275 g/mol. The molecule has 0 amide bonds. The zero-order valence-electron chi connectivity index (χ0n) is 12.0. The Balaban J connectivity index is 1.84. The summed E-state index contributed by atoms with van der Waals surface area (Å²) < 4.78 is 0. The maximum Gasteiger partial charge on any atom is 0.0929 e. The van der Waals surface area contributed by atoms with Crippen LogP contribution in [-0.4, -0.2) is 28.7 Å².